The Morgan fingerprint density at radius 2 is 0.810 bits per heavy atom. The molecule has 1 aromatic carbocycles. The lowest BCUT2D eigenvalue weighted by molar-refractivity contribution is 0.0937. The van der Waals surface area contributed by atoms with Crippen molar-refractivity contribution < 1.29 is 24.0 Å². The molecule has 0 aromatic heterocycles. The highest BCUT2D eigenvalue weighted by molar-refractivity contribution is 6.21. The van der Waals surface area contributed by atoms with E-state index in [-0.39, 0.29) is 0 Å². The number of hydrogen-bond donors (Lipinski definition) is 5. The monoisotopic (exact) mass is 293 g/mol. The number of carbonyl (C=O) groups excluding carboxylic acids is 5. The van der Waals surface area contributed by atoms with Gasteiger partial charge in [-0.05, 0) is 6.07 Å². The van der Waals surface area contributed by atoms with Crippen molar-refractivity contribution in [2.75, 3.05) is 0 Å². The zero-order valence-corrected chi connectivity index (χ0v) is 10.5. The molecule has 110 valence electrons. The van der Waals surface area contributed by atoms with Crippen molar-refractivity contribution in [2.24, 2.45) is 28.7 Å². The summed E-state index contributed by atoms with van der Waals surface area (Å²) in [4.78, 5) is 57.1. The lowest BCUT2D eigenvalue weighted by Gasteiger charge is -2.14. The van der Waals surface area contributed by atoms with Crippen LogP contribution in [0.5, 0.6) is 0 Å². The molecular weight excluding hydrogens is 282 g/mol. The van der Waals surface area contributed by atoms with Gasteiger partial charge in [-0.15, -0.1) is 0 Å². The highest BCUT2D eigenvalue weighted by Crippen LogP contribution is 2.23. The predicted octanol–water partition coefficient (Wildman–Crippen LogP) is -2.82. The van der Waals surface area contributed by atoms with Crippen LogP contribution in [0.4, 0.5) is 0 Å². The number of nitrogens with two attached hydrogens (primary N) is 5. The summed E-state index contributed by atoms with van der Waals surface area (Å²) in [6.07, 6.45) is 0. The van der Waals surface area contributed by atoms with Crippen LogP contribution in [-0.2, 0) is 0 Å². The summed E-state index contributed by atoms with van der Waals surface area (Å²) < 4.78 is 0. The number of primary amides is 5. The summed E-state index contributed by atoms with van der Waals surface area (Å²) in [6, 6.07) is 0.761. The summed E-state index contributed by atoms with van der Waals surface area (Å²) in [5, 5.41) is 0. The summed E-state index contributed by atoms with van der Waals surface area (Å²) in [7, 11) is 0. The summed E-state index contributed by atoms with van der Waals surface area (Å²) in [6.45, 7) is 0. The van der Waals surface area contributed by atoms with Crippen LogP contribution in [0.25, 0.3) is 0 Å². The predicted molar refractivity (Wildman–Crippen MR) is 69.0 cm³/mol. The van der Waals surface area contributed by atoms with E-state index in [0.29, 0.717) is 0 Å². The van der Waals surface area contributed by atoms with Crippen LogP contribution in [0, 0.1) is 0 Å². The van der Waals surface area contributed by atoms with E-state index in [0.717, 1.165) is 6.07 Å². The van der Waals surface area contributed by atoms with Gasteiger partial charge >= 0.3 is 0 Å². The molecule has 21 heavy (non-hydrogen) atoms. The molecule has 1 rings (SSSR count). The van der Waals surface area contributed by atoms with Gasteiger partial charge < -0.3 is 28.7 Å². The molecule has 0 unspecified atom stereocenters. The van der Waals surface area contributed by atoms with Crippen molar-refractivity contribution in [2.45, 2.75) is 0 Å². The maximum Gasteiger partial charge on any atom is 0.250 e. The second-order valence-corrected chi connectivity index (χ2v) is 3.92. The van der Waals surface area contributed by atoms with Crippen molar-refractivity contribution in [3.8, 4) is 0 Å². The Hall–Kier alpha value is -3.43. The molecule has 0 saturated carbocycles. The van der Waals surface area contributed by atoms with Crippen molar-refractivity contribution in [1.82, 2.24) is 0 Å². The molecule has 10 nitrogen and oxygen atoms in total. The number of benzene rings is 1. The minimum absolute atomic E-state index is 0.574. The fourth-order valence-corrected chi connectivity index (χ4v) is 1.83. The van der Waals surface area contributed by atoms with Gasteiger partial charge in [0, 0.05) is 0 Å². The molecule has 0 saturated heterocycles. The number of hydrogen-bond acceptors (Lipinski definition) is 5. The molecule has 0 aliphatic rings. The van der Waals surface area contributed by atoms with Gasteiger partial charge in [-0.25, -0.2) is 0 Å². The molecule has 10 heteroatoms. The van der Waals surface area contributed by atoms with Crippen LogP contribution >= 0.6 is 0 Å². The fourth-order valence-electron chi connectivity index (χ4n) is 1.83. The van der Waals surface area contributed by atoms with Crippen LogP contribution in [0.2, 0.25) is 0 Å². The Bertz CT molecular complexity index is 659. The summed E-state index contributed by atoms with van der Waals surface area (Å²) in [5.74, 6) is -6.16. The zero-order chi connectivity index (χ0) is 16.5. The SMILES string of the molecule is NC(=O)c1cc(C(N)=O)c(C(N)=O)c(C(N)=O)c1C(N)=O. The highest BCUT2D eigenvalue weighted by atomic mass is 16.2. The minimum atomic E-state index is -1.30. The molecular formula is C11H11N5O5. The average molecular weight is 293 g/mol. The first-order chi connectivity index (χ1) is 9.59. The topological polar surface area (TPSA) is 215 Å². The fraction of sp³-hybridized carbons (Fsp3) is 0. The lowest BCUT2D eigenvalue weighted by atomic mass is 9.89. The van der Waals surface area contributed by atoms with Crippen LogP contribution < -0.4 is 28.7 Å². The molecule has 0 bridgehead atoms. The smallest absolute Gasteiger partial charge is 0.250 e. The molecule has 0 aliphatic carbocycles. The van der Waals surface area contributed by atoms with E-state index in [1.807, 2.05) is 0 Å². The maximum absolute atomic E-state index is 11.5. The normalized spacial score (nSPS) is 9.90. The molecule has 0 heterocycles. The number of amides is 5. The van der Waals surface area contributed by atoms with Crippen LogP contribution in [0.15, 0.2) is 6.07 Å². The third-order valence-corrected chi connectivity index (χ3v) is 2.60. The van der Waals surface area contributed by atoms with Gasteiger partial charge in [0.25, 0.3) is 0 Å². The Balaban J connectivity index is 4.13. The van der Waals surface area contributed by atoms with Crippen LogP contribution in [0.1, 0.15) is 51.8 Å². The molecule has 0 spiro atoms. The highest BCUT2D eigenvalue weighted by Gasteiger charge is 2.30. The Kier molecular flexibility index (Phi) is 3.93. The first-order valence-corrected chi connectivity index (χ1v) is 5.29. The van der Waals surface area contributed by atoms with Crippen molar-refractivity contribution in [3.63, 3.8) is 0 Å². The van der Waals surface area contributed by atoms with Gasteiger partial charge in [-0.2, -0.15) is 0 Å². The number of rotatable bonds is 5. The lowest BCUT2D eigenvalue weighted by Crippen LogP contribution is -2.33. The third-order valence-electron chi connectivity index (χ3n) is 2.60. The van der Waals surface area contributed by atoms with E-state index in [2.05, 4.69) is 0 Å². The van der Waals surface area contributed by atoms with Crippen molar-refractivity contribution in [3.05, 3.63) is 33.9 Å². The van der Waals surface area contributed by atoms with E-state index in [1.54, 1.807) is 0 Å². The Morgan fingerprint density at radius 1 is 0.524 bits per heavy atom. The van der Waals surface area contributed by atoms with Crippen molar-refractivity contribution in [1.29, 1.82) is 0 Å². The molecule has 0 atom stereocenters. The first-order valence-electron chi connectivity index (χ1n) is 5.29. The van der Waals surface area contributed by atoms with E-state index < -0.39 is 57.4 Å². The largest absolute Gasteiger partial charge is 0.366 e. The van der Waals surface area contributed by atoms with Gasteiger partial charge in [0.1, 0.15) is 0 Å². The minimum Gasteiger partial charge on any atom is -0.366 e. The standard InChI is InChI=1S/C11H11N5O5/c12-7(17)2-1-3(8(13)18)5(10(15)20)6(11(16)21)4(2)9(14)19/h1H,(H2,12,17)(H2,13,18)(H2,14,19)(H2,15,20)(H2,16,21). The Morgan fingerprint density at radius 3 is 1.00 bits per heavy atom. The molecule has 0 aliphatic heterocycles. The van der Waals surface area contributed by atoms with Gasteiger partial charge in [-0.3, -0.25) is 24.0 Å². The van der Waals surface area contributed by atoms with E-state index in [4.69, 9.17) is 28.7 Å². The van der Waals surface area contributed by atoms with Gasteiger partial charge in [0.15, 0.2) is 0 Å². The van der Waals surface area contributed by atoms with Crippen LogP contribution in [0.3, 0.4) is 0 Å². The summed E-state index contributed by atoms with van der Waals surface area (Å²) in [5.41, 5.74) is 22.0. The first kappa shape index (κ1) is 15.6. The molecule has 1 aromatic rings. The zero-order valence-electron chi connectivity index (χ0n) is 10.5. The summed E-state index contributed by atoms with van der Waals surface area (Å²) >= 11 is 0. The van der Waals surface area contributed by atoms with E-state index in [9.17, 15) is 24.0 Å². The van der Waals surface area contributed by atoms with E-state index >= 15 is 0 Å². The van der Waals surface area contributed by atoms with Gasteiger partial charge in [0.2, 0.25) is 29.5 Å². The quantitative estimate of drug-likeness (QED) is 0.387. The second-order valence-electron chi connectivity index (χ2n) is 3.92. The van der Waals surface area contributed by atoms with E-state index in [1.165, 1.54) is 0 Å². The molecule has 0 radical (unpaired) electrons. The third kappa shape index (κ3) is 2.63. The van der Waals surface area contributed by atoms with Gasteiger partial charge in [-0.1, -0.05) is 0 Å². The molecule has 0 fully saturated rings. The molecule has 10 N–H and O–H groups in total. The van der Waals surface area contributed by atoms with Crippen molar-refractivity contribution >= 4 is 29.5 Å². The Labute approximate surface area is 117 Å². The van der Waals surface area contributed by atoms with Gasteiger partial charge in [0.05, 0.1) is 27.8 Å². The second kappa shape index (κ2) is 5.28. The number of carbonyl (C=O) groups is 5. The maximum atomic E-state index is 11.5. The molecule has 5 amide bonds. The van der Waals surface area contributed by atoms with Crippen LogP contribution in [-0.4, -0.2) is 29.5 Å². The average Bonchev–Trinajstić information content (AvgIpc) is 2.34.